The highest BCUT2D eigenvalue weighted by atomic mass is 16.2. The molecule has 92 valence electrons. The summed E-state index contributed by atoms with van der Waals surface area (Å²) < 4.78 is 0. The van der Waals surface area contributed by atoms with Gasteiger partial charge < -0.3 is 4.90 Å². The van der Waals surface area contributed by atoms with Gasteiger partial charge in [0, 0.05) is 17.7 Å². The van der Waals surface area contributed by atoms with E-state index in [0.29, 0.717) is 12.1 Å². The van der Waals surface area contributed by atoms with Crippen LogP contribution >= 0.6 is 0 Å². The summed E-state index contributed by atoms with van der Waals surface area (Å²) in [5.74, 6) is -0.0639. The Morgan fingerprint density at radius 2 is 1.74 bits per heavy atom. The van der Waals surface area contributed by atoms with Gasteiger partial charge in [0.15, 0.2) is 0 Å². The molecule has 1 aliphatic heterocycles. The summed E-state index contributed by atoms with van der Waals surface area (Å²) in [5.41, 5.74) is 2.49. The van der Waals surface area contributed by atoms with Crippen LogP contribution in [0.15, 0.2) is 54.6 Å². The Labute approximate surface area is 111 Å². The van der Waals surface area contributed by atoms with Crippen molar-refractivity contribution in [1.29, 1.82) is 5.26 Å². The molecule has 19 heavy (non-hydrogen) atoms. The third-order valence-corrected chi connectivity index (χ3v) is 3.38. The molecule has 0 fully saturated rings. The highest BCUT2D eigenvalue weighted by Crippen LogP contribution is 2.33. The van der Waals surface area contributed by atoms with Crippen molar-refractivity contribution in [2.45, 2.75) is 12.6 Å². The second kappa shape index (κ2) is 4.58. The molecule has 2 aromatic carbocycles. The topological polar surface area (TPSA) is 44.1 Å². The van der Waals surface area contributed by atoms with Gasteiger partial charge in [-0.3, -0.25) is 4.79 Å². The number of amides is 1. The van der Waals surface area contributed by atoms with Gasteiger partial charge in [-0.15, -0.1) is 0 Å². The van der Waals surface area contributed by atoms with E-state index >= 15 is 0 Å². The molecule has 0 bridgehead atoms. The fourth-order valence-electron chi connectivity index (χ4n) is 2.45. The number of hydrogen-bond donors (Lipinski definition) is 0. The van der Waals surface area contributed by atoms with Crippen LogP contribution in [0.3, 0.4) is 0 Å². The number of hydrogen-bond acceptors (Lipinski definition) is 2. The molecule has 3 heteroatoms. The van der Waals surface area contributed by atoms with Gasteiger partial charge in [-0.2, -0.15) is 5.26 Å². The van der Waals surface area contributed by atoms with Crippen LogP contribution in [-0.2, 0) is 6.54 Å². The monoisotopic (exact) mass is 248 g/mol. The van der Waals surface area contributed by atoms with E-state index in [9.17, 15) is 10.1 Å². The predicted molar refractivity (Wildman–Crippen MR) is 71.1 cm³/mol. The van der Waals surface area contributed by atoms with Gasteiger partial charge in [-0.25, -0.2) is 0 Å². The minimum Gasteiger partial charge on any atom is -0.314 e. The smallest absolute Gasteiger partial charge is 0.255 e. The molecule has 0 radical (unpaired) electrons. The van der Waals surface area contributed by atoms with Gasteiger partial charge in [0.1, 0.15) is 6.04 Å². The molecule has 0 aromatic heterocycles. The average Bonchev–Trinajstić information content (AvgIpc) is 2.73. The van der Waals surface area contributed by atoms with E-state index in [-0.39, 0.29) is 5.91 Å². The number of carbonyl (C=O) groups excluding carboxylic acids is 1. The van der Waals surface area contributed by atoms with Crippen LogP contribution in [0.25, 0.3) is 0 Å². The zero-order valence-electron chi connectivity index (χ0n) is 10.3. The lowest BCUT2D eigenvalue weighted by molar-refractivity contribution is 0.0744. The number of fused-ring (bicyclic) bond motifs is 1. The molecule has 0 N–H and O–H groups in total. The Bertz CT molecular complexity index is 658. The number of nitriles is 1. The number of carbonyl (C=O) groups is 1. The Morgan fingerprint density at radius 3 is 2.47 bits per heavy atom. The van der Waals surface area contributed by atoms with Gasteiger partial charge >= 0.3 is 0 Å². The average molecular weight is 248 g/mol. The summed E-state index contributed by atoms with van der Waals surface area (Å²) in [6.07, 6.45) is 0. The first-order valence-corrected chi connectivity index (χ1v) is 6.14. The molecule has 1 unspecified atom stereocenters. The number of rotatable bonds is 2. The molecule has 1 aliphatic rings. The van der Waals surface area contributed by atoms with Crippen LogP contribution in [0.1, 0.15) is 27.5 Å². The van der Waals surface area contributed by atoms with E-state index in [1.54, 1.807) is 11.0 Å². The van der Waals surface area contributed by atoms with E-state index in [0.717, 1.165) is 11.1 Å². The van der Waals surface area contributed by atoms with Crippen molar-refractivity contribution in [3.63, 3.8) is 0 Å². The molecular weight excluding hydrogens is 236 g/mol. The Hall–Kier alpha value is -2.60. The van der Waals surface area contributed by atoms with Crippen molar-refractivity contribution in [2.75, 3.05) is 0 Å². The Morgan fingerprint density at radius 1 is 1.05 bits per heavy atom. The molecule has 3 rings (SSSR count). The van der Waals surface area contributed by atoms with Gasteiger partial charge in [-0.05, 0) is 11.6 Å². The molecule has 2 aromatic rings. The lowest BCUT2D eigenvalue weighted by Gasteiger charge is -2.20. The zero-order chi connectivity index (χ0) is 13.2. The van der Waals surface area contributed by atoms with Crippen molar-refractivity contribution < 1.29 is 4.79 Å². The highest BCUT2D eigenvalue weighted by Gasteiger charge is 2.36. The second-order valence-electron chi connectivity index (χ2n) is 4.54. The molecule has 1 heterocycles. The molecule has 0 spiro atoms. The van der Waals surface area contributed by atoms with E-state index < -0.39 is 6.04 Å². The summed E-state index contributed by atoms with van der Waals surface area (Å²) in [7, 11) is 0. The van der Waals surface area contributed by atoms with Gasteiger partial charge in [0.05, 0.1) is 6.07 Å². The lowest BCUT2D eigenvalue weighted by Crippen LogP contribution is -2.26. The highest BCUT2D eigenvalue weighted by molar-refractivity contribution is 5.99. The first kappa shape index (κ1) is 11.5. The van der Waals surface area contributed by atoms with E-state index in [1.807, 2.05) is 48.5 Å². The summed E-state index contributed by atoms with van der Waals surface area (Å²) >= 11 is 0. The minimum atomic E-state index is -0.482. The standard InChI is InChI=1S/C16H12N2O/c17-10-15-13-8-4-5-9-14(13)16(19)18(15)11-12-6-2-1-3-7-12/h1-9,15H,11H2. The van der Waals surface area contributed by atoms with Crippen molar-refractivity contribution in [1.82, 2.24) is 4.90 Å². The Kier molecular flexibility index (Phi) is 2.77. The number of benzene rings is 2. The third-order valence-electron chi connectivity index (χ3n) is 3.38. The first-order valence-electron chi connectivity index (χ1n) is 6.14. The quantitative estimate of drug-likeness (QED) is 0.820. The van der Waals surface area contributed by atoms with Crippen LogP contribution in [0, 0.1) is 11.3 Å². The van der Waals surface area contributed by atoms with Crippen LogP contribution in [-0.4, -0.2) is 10.8 Å². The van der Waals surface area contributed by atoms with Gasteiger partial charge in [0.25, 0.3) is 5.91 Å². The molecule has 1 atom stereocenters. The molecule has 0 saturated heterocycles. The summed E-state index contributed by atoms with van der Waals surface area (Å²) in [6.45, 7) is 0.465. The van der Waals surface area contributed by atoms with E-state index in [4.69, 9.17) is 0 Å². The molecule has 0 saturated carbocycles. The van der Waals surface area contributed by atoms with Crippen molar-refractivity contribution >= 4 is 5.91 Å². The van der Waals surface area contributed by atoms with Crippen LogP contribution in [0.2, 0.25) is 0 Å². The minimum absolute atomic E-state index is 0.0639. The van der Waals surface area contributed by atoms with Crippen molar-refractivity contribution in [3.05, 3.63) is 71.3 Å². The van der Waals surface area contributed by atoms with E-state index in [1.165, 1.54) is 0 Å². The SMILES string of the molecule is N#CC1c2ccccc2C(=O)N1Cc1ccccc1. The van der Waals surface area contributed by atoms with Crippen molar-refractivity contribution in [3.8, 4) is 6.07 Å². The third kappa shape index (κ3) is 1.88. The van der Waals surface area contributed by atoms with Crippen LogP contribution in [0.4, 0.5) is 0 Å². The predicted octanol–water partition coefficient (Wildman–Crippen LogP) is 2.91. The van der Waals surface area contributed by atoms with E-state index in [2.05, 4.69) is 6.07 Å². The zero-order valence-corrected chi connectivity index (χ0v) is 10.3. The normalized spacial score (nSPS) is 17.1. The summed E-state index contributed by atoms with van der Waals surface area (Å²) in [4.78, 5) is 14.0. The molecule has 0 aliphatic carbocycles. The largest absolute Gasteiger partial charge is 0.314 e. The van der Waals surface area contributed by atoms with Gasteiger partial charge in [0.2, 0.25) is 0 Å². The molecule has 1 amide bonds. The maximum Gasteiger partial charge on any atom is 0.255 e. The summed E-state index contributed by atoms with van der Waals surface area (Å²) in [5, 5.41) is 9.34. The fourth-order valence-corrected chi connectivity index (χ4v) is 2.45. The Balaban J connectivity index is 1.96. The number of nitrogens with zero attached hydrogens (tertiary/aromatic N) is 2. The lowest BCUT2D eigenvalue weighted by atomic mass is 10.1. The van der Waals surface area contributed by atoms with Crippen LogP contribution in [0.5, 0.6) is 0 Å². The van der Waals surface area contributed by atoms with Gasteiger partial charge in [-0.1, -0.05) is 48.5 Å². The van der Waals surface area contributed by atoms with Crippen molar-refractivity contribution in [2.24, 2.45) is 0 Å². The summed E-state index contributed by atoms with van der Waals surface area (Å²) in [6, 6.07) is 18.8. The maximum absolute atomic E-state index is 12.3. The maximum atomic E-state index is 12.3. The van der Waals surface area contributed by atoms with Crippen LogP contribution < -0.4 is 0 Å². The molecular formula is C16H12N2O. The second-order valence-corrected chi connectivity index (χ2v) is 4.54. The first-order chi connectivity index (χ1) is 9.31. The fraction of sp³-hybridized carbons (Fsp3) is 0.125. The molecule has 3 nitrogen and oxygen atoms in total.